The van der Waals surface area contributed by atoms with Crippen LogP contribution in [0.4, 0.5) is 10.1 Å². The fourth-order valence-electron chi connectivity index (χ4n) is 2.66. The molecule has 0 saturated heterocycles. The Morgan fingerprint density at radius 2 is 1.93 bits per heavy atom. The topological polar surface area (TPSA) is 62.3 Å². The van der Waals surface area contributed by atoms with E-state index < -0.39 is 0 Å². The van der Waals surface area contributed by atoms with E-state index in [9.17, 15) is 14.0 Å². The van der Waals surface area contributed by atoms with Crippen LogP contribution in [0.5, 0.6) is 0 Å². The monoisotopic (exact) mass is 475 g/mol. The second-order valence-corrected chi connectivity index (χ2v) is 8.36. The van der Waals surface area contributed by atoms with Gasteiger partial charge < -0.3 is 10.2 Å². The lowest BCUT2D eigenvalue weighted by atomic mass is 10.2. The molecule has 150 valence electrons. The molecule has 0 aliphatic rings. The molecule has 1 N–H and O–H groups in total. The molecular formula is C21H19BrFN3O2S. The number of nitrogens with one attached hydrogen (secondary N) is 1. The van der Waals surface area contributed by atoms with Gasteiger partial charge in [-0.15, -0.1) is 11.3 Å². The van der Waals surface area contributed by atoms with Gasteiger partial charge in [-0.25, -0.2) is 9.37 Å². The standard InChI is InChI=1S/C21H19BrFN3O2S/c1-13-9-15(22)5-8-18(13)25-19(27)11-26(2)20(28)10-17-12-29-21(24-17)14-3-6-16(23)7-4-14/h3-9,12H,10-11H2,1-2H3,(H,25,27). The molecule has 3 rings (SSSR count). The van der Waals surface area contributed by atoms with Crippen LogP contribution in [0, 0.1) is 12.7 Å². The highest BCUT2D eigenvalue weighted by molar-refractivity contribution is 9.10. The first-order valence-corrected chi connectivity index (χ1v) is 10.5. The van der Waals surface area contributed by atoms with Gasteiger partial charge in [0, 0.05) is 28.2 Å². The number of hydrogen-bond acceptors (Lipinski definition) is 4. The Kier molecular flexibility index (Phi) is 6.76. The summed E-state index contributed by atoms with van der Waals surface area (Å²) in [6.07, 6.45) is 0.0960. The summed E-state index contributed by atoms with van der Waals surface area (Å²) in [4.78, 5) is 30.5. The van der Waals surface area contributed by atoms with Gasteiger partial charge in [-0.1, -0.05) is 15.9 Å². The molecule has 29 heavy (non-hydrogen) atoms. The number of aromatic nitrogens is 1. The highest BCUT2D eigenvalue weighted by Gasteiger charge is 2.16. The number of benzene rings is 2. The van der Waals surface area contributed by atoms with E-state index in [1.807, 2.05) is 25.1 Å². The number of anilines is 1. The van der Waals surface area contributed by atoms with E-state index in [1.54, 1.807) is 24.6 Å². The van der Waals surface area contributed by atoms with Gasteiger partial charge in [0.15, 0.2) is 0 Å². The summed E-state index contributed by atoms with van der Waals surface area (Å²) in [6, 6.07) is 11.6. The number of likely N-dealkylation sites (N-methyl/N-ethyl adjacent to an activating group) is 1. The summed E-state index contributed by atoms with van der Waals surface area (Å²) >= 11 is 4.78. The molecular weight excluding hydrogens is 457 g/mol. The maximum Gasteiger partial charge on any atom is 0.243 e. The lowest BCUT2D eigenvalue weighted by Crippen LogP contribution is -2.36. The third-order valence-electron chi connectivity index (χ3n) is 4.24. The quantitative estimate of drug-likeness (QED) is 0.563. The summed E-state index contributed by atoms with van der Waals surface area (Å²) in [7, 11) is 1.59. The molecule has 5 nitrogen and oxygen atoms in total. The predicted octanol–water partition coefficient (Wildman–Crippen LogP) is 4.66. The van der Waals surface area contributed by atoms with Gasteiger partial charge in [-0.05, 0) is 55.0 Å². The van der Waals surface area contributed by atoms with E-state index in [-0.39, 0.29) is 30.6 Å². The zero-order chi connectivity index (χ0) is 21.0. The number of rotatable bonds is 6. The SMILES string of the molecule is Cc1cc(Br)ccc1NC(=O)CN(C)C(=O)Cc1csc(-c2ccc(F)cc2)n1. The Labute approximate surface area is 180 Å². The molecule has 0 bridgehead atoms. The first kappa shape index (κ1) is 21.1. The largest absolute Gasteiger partial charge is 0.336 e. The second-order valence-electron chi connectivity index (χ2n) is 6.58. The van der Waals surface area contributed by atoms with Crippen molar-refractivity contribution < 1.29 is 14.0 Å². The minimum absolute atomic E-state index is 0.0523. The number of carbonyl (C=O) groups excluding carboxylic acids is 2. The van der Waals surface area contributed by atoms with Gasteiger partial charge in [-0.3, -0.25) is 9.59 Å². The molecule has 3 aromatic rings. The first-order valence-electron chi connectivity index (χ1n) is 8.82. The number of amides is 2. The van der Waals surface area contributed by atoms with E-state index in [2.05, 4.69) is 26.2 Å². The van der Waals surface area contributed by atoms with Crippen LogP contribution in [0.1, 0.15) is 11.3 Å². The average molecular weight is 476 g/mol. The molecule has 0 aliphatic heterocycles. The summed E-state index contributed by atoms with van der Waals surface area (Å²) in [5.41, 5.74) is 3.06. The van der Waals surface area contributed by atoms with Gasteiger partial charge in [0.2, 0.25) is 11.8 Å². The fraction of sp³-hybridized carbons (Fsp3) is 0.190. The molecule has 2 amide bonds. The normalized spacial score (nSPS) is 10.6. The number of nitrogens with zero attached hydrogens (tertiary/aromatic N) is 2. The van der Waals surface area contributed by atoms with Crippen molar-refractivity contribution in [1.82, 2.24) is 9.88 Å². The maximum atomic E-state index is 13.0. The summed E-state index contributed by atoms with van der Waals surface area (Å²) in [5, 5.41) is 5.34. The molecule has 0 aliphatic carbocycles. The van der Waals surface area contributed by atoms with Crippen molar-refractivity contribution in [3.05, 3.63) is 69.4 Å². The van der Waals surface area contributed by atoms with Gasteiger partial charge in [0.1, 0.15) is 10.8 Å². The molecule has 1 aromatic heterocycles. The third kappa shape index (κ3) is 5.71. The molecule has 8 heteroatoms. The average Bonchev–Trinajstić information content (AvgIpc) is 3.13. The van der Waals surface area contributed by atoms with Crippen molar-refractivity contribution in [3.63, 3.8) is 0 Å². The van der Waals surface area contributed by atoms with Crippen molar-refractivity contribution in [2.75, 3.05) is 18.9 Å². The van der Waals surface area contributed by atoms with Gasteiger partial charge in [0.25, 0.3) is 0 Å². The second kappa shape index (κ2) is 9.28. The van der Waals surface area contributed by atoms with Crippen LogP contribution in [0.25, 0.3) is 10.6 Å². The molecule has 0 atom stereocenters. The molecule has 0 spiro atoms. The number of hydrogen-bond donors (Lipinski definition) is 1. The van der Waals surface area contributed by atoms with Gasteiger partial charge in [0.05, 0.1) is 18.7 Å². The molecule has 2 aromatic carbocycles. The highest BCUT2D eigenvalue weighted by atomic mass is 79.9. The fourth-order valence-corrected chi connectivity index (χ4v) is 3.97. The van der Waals surface area contributed by atoms with E-state index in [0.29, 0.717) is 11.4 Å². The van der Waals surface area contributed by atoms with Gasteiger partial charge >= 0.3 is 0 Å². The van der Waals surface area contributed by atoms with E-state index in [0.717, 1.165) is 20.6 Å². The van der Waals surface area contributed by atoms with Crippen molar-refractivity contribution >= 4 is 44.8 Å². The molecule has 1 heterocycles. The summed E-state index contributed by atoms with van der Waals surface area (Å²) in [6.45, 7) is 1.85. The summed E-state index contributed by atoms with van der Waals surface area (Å²) < 4.78 is 14.0. The minimum atomic E-state index is -0.307. The van der Waals surface area contributed by atoms with Crippen LogP contribution >= 0.6 is 27.3 Å². The van der Waals surface area contributed by atoms with Crippen LogP contribution < -0.4 is 5.32 Å². The number of aryl methyl sites for hydroxylation is 1. The molecule has 0 fully saturated rings. The number of halogens is 2. The Bertz CT molecular complexity index is 1040. The Balaban J connectivity index is 1.56. The smallest absolute Gasteiger partial charge is 0.243 e. The van der Waals surface area contributed by atoms with Gasteiger partial charge in [-0.2, -0.15) is 0 Å². The highest BCUT2D eigenvalue weighted by Crippen LogP contribution is 2.24. The van der Waals surface area contributed by atoms with Crippen LogP contribution in [0.15, 0.2) is 52.3 Å². The Hall–Kier alpha value is -2.58. The Morgan fingerprint density at radius 3 is 2.62 bits per heavy atom. The first-order chi connectivity index (χ1) is 13.8. The van der Waals surface area contributed by atoms with Crippen molar-refractivity contribution in [2.45, 2.75) is 13.3 Å². The predicted molar refractivity (Wildman–Crippen MR) is 116 cm³/mol. The lowest BCUT2D eigenvalue weighted by molar-refractivity contribution is -0.132. The van der Waals surface area contributed by atoms with Crippen molar-refractivity contribution in [2.24, 2.45) is 0 Å². The third-order valence-corrected chi connectivity index (χ3v) is 5.68. The molecule has 0 radical (unpaired) electrons. The molecule has 0 saturated carbocycles. The Morgan fingerprint density at radius 1 is 1.21 bits per heavy atom. The number of thiazole rings is 1. The van der Waals surface area contributed by atoms with Crippen LogP contribution in [0.3, 0.4) is 0 Å². The zero-order valence-corrected chi connectivity index (χ0v) is 18.3. The van der Waals surface area contributed by atoms with Crippen molar-refractivity contribution in [1.29, 1.82) is 0 Å². The molecule has 0 unspecified atom stereocenters. The van der Waals surface area contributed by atoms with Crippen LogP contribution in [0.2, 0.25) is 0 Å². The van der Waals surface area contributed by atoms with Crippen molar-refractivity contribution in [3.8, 4) is 10.6 Å². The zero-order valence-electron chi connectivity index (χ0n) is 15.9. The van der Waals surface area contributed by atoms with Crippen LogP contribution in [-0.2, 0) is 16.0 Å². The van der Waals surface area contributed by atoms with Crippen LogP contribution in [-0.4, -0.2) is 35.3 Å². The minimum Gasteiger partial charge on any atom is -0.336 e. The van der Waals surface area contributed by atoms with E-state index in [4.69, 9.17) is 0 Å². The van der Waals surface area contributed by atoms with E-state index >= 15 is 0 Å². The lowest BCUT2D eigenvalue weighted by Gasteiger charge is -2.17. The maximum absolute atomic E-state index is 13.0. The number of carbonyl (C=O) groups is 2. The summed E-state index contributed by atoms with van der Waals surface area (Å²) in [5.74, 6) is -0.779. The van der Waals surface area contributed by atoms with E-state index in [1.165, 1.54) is 28.4 Å².